The van der Waals surface area contributed by atoms with Gasteiger partial charge < -0.3 is 9.32 Å². The quantitative estimate of drug-likeness (QED) is 0.681. The second-order valence-corrected chi connectivity index (χ2v) is 7.57. The molecule has 1 aromatic heterocycles. The maximum absolute atomic E-state index is 15.2. The topological polar surface area (TPSA) is 46.3 Å². The number of oxazole rings is 1. The third kappa shape index (κ3) is 2.25. The van der Waals surface area contributed by atoms with Crippen molar-refractivity contribution in [1.82, 2.24) is 4.98 Å². The fraction of sp³-hybridized carbons (Fsp3) is 0.333. The number of carbonyl (C=O) groups excluding carboxylic acids is 1. The Kier molecular flexibility index (Phi) is 3.27. The summed E-state index contributed by atoms with van der Waals surface area (Å²) in [5, 5.41) is 0. The van der Waals surface area contributed by atoms with E-state index in [1.807, 2.05) is 12.1 Å². The van der Waals surface area contributed by atoms with E-state index in [1.165, 1.54) is 0 Å². The molecule has 0 saturated carbocycles. The first-order valence-corrected chi connectivity index (χ1v) is 9.08. The number of rotatable bonds is 3. The molecule has 3 aromatic rings. The molecule has 0 bridgehead atoms. The predicted molar refractivity (Wildman–Crippen MR) is 97.0 cm³/mol. The molecule has 0 radical (unpaired) electrons. The molecule has 0 saturated heterocycles. The average Bonchev–Trinajstić information content (AvgIpc) is 3.18. The highest BCUT2D eigenvalue weighted by molar-refractivity contribution is 6.09. The van der Waals surface area contributed by atoms with Gasteiger partial charge in [0.25, 0.3) is 5.89 Å². The maximum Gasteiger partial charge on any atom is 0.323 e. The summed E-state index contributed by atoms with van der Waals surface area (Å²) in [6.45, 7) is 2.19. The van der Waals surface area contributed by atoms with Crippen molar-refractivity contribution < 1.29 is 18.0 Å². The van der Waals surface area contributed by atoms with Crippen molar-refractivity contribution in [2.75, 3.05) is 11.4 Å². The zero-order valence-electron chi connectivity index (χ0n) is 14.8. The van der Waals surface area contributed by atoms with Gasteiger partial charge in [0.05, 0.1) is 11.1 Å². The molecule has 138 valence electrons. The number of para-hydroxylation sites is 3. The molecule has 3 heterocycles. The van der Waals surface area contributed by atoms with Crippen molar-refractivity contribution in [3.05, 3.63) is 59.5 Å². The number of anilines is 1. The molecule has 2 aliphatic rings. The predicted octanol–water partition coefficient (Wildman–Crippen LogP) is 4.56. The molecule has 0 spiro atoms. The van der Waals surface area contributed by atoms with E-state index in [2.05, 4.69) is 4.98 Å². The molecule has 6 heteroatoms. The molecule has 0 aliphatic carbocycles. The molecular weight excluding hydrogens is 350 g/mol. The highest BCUT2D eigenvalue weighted by Gasteiger charge is 2.55. The summed E-state index contributed by atoms with van der Waals surface area (Å²) < 4.78 is 35.7. The van der Waals surface area contributed by atoms with Crippen molar-refractivity contribution in [1.29, 1.82) is 0 Å². The number of hydrogen-bond acceptors (Lipinski definition) is 3. The first-order valence-electron chi connectivity index (χ1n) is 9.08. The summed E-state index contributed by atoms with van der Waals surface area (Å²) in [5.74, 6) is -4.26. The summed E-state index contributed by atoms with van der Waals surface area (Å²) in [4.78, 5) is 18.8. The van der Waals surface area contributed by atoms with E-state index in [-0.39, 0.29) is 5.91 Å². The number of aryl methyl sites for hydroxylation is 1. The van der Waals surface area contributed by atoms with E-state index in [4.69, 9.17) is 4.42 Å². The molecule has 1 atom stereocenters. The van der Waals surface area contributed by atoms with Crippen molar-refractivity contribution in [2.24, 2.45) is 0 Å². The lowest BCUT2D eigenvalue weighted by Crippen LogP contribution is -2.42. The normalized spacial score (nSPS) is 21.7. The van der Waals surface area contributed by atoms with Crippen LogP contribution in [0.4, 0.5) is 14.5 Å². The van der Waals surface area contributed by atoms with Gasteiger partial charge >= 0.3 is 5.92 Å². The summed E-state index contributed by atoms with van der Waals surface area (Å²) >= 11 is 0. The van der Waals surface area contributed by atoms with Gasteiger partial charge in [-0.2, -0.15) is 8.78 Å². The summed E-state index contributed by atoms with van der Waals surface area (Å²) in [6.07, 6.45) is 1.04. The average molecular weight is 368 g/mol. The number of amides is 1. The standard InChI is InChI=1S/C21H18F2N2O2/c1-20(12-21(22,23)18-24-15-9-2-3-10-16(15)27-18)14-8-4-6-13-7-5-11-25(17(13)14)19(20)26/h2-4,6,8-10H,5,7,11-12H2,1H3. The van der Waals surface area contributed by atoms with Gasteiger partial charge in [-0.05, 0) is 43.0 Å². The third-order valence-electron chi connectivity index (χ3n) is 5.71. The Bertz CT molecular complexity index is 1040. The minimum absolute atomic E-state index is 0.263. The van der Waals surface area contributed by atoms with Crippen LogP contribution in [0.15, 0.2) is 46.9 Å². The number of carbonyl (C=O) groups is 1. The number of hydrogen-bond donors (Lipinski definition) is 0. The van der Waals surface area contributed by atoms with Crippen LogP contribution < -0.4 is 4.90 Å². The fourth-order valence-corrected chi connectivity index (χ4v) is 4.43. The molecular formula is C21H18F2N2O2. The minimum atomic E-state index is -3.36. The van der Waals surface area contributed by atoms with Gasteiger partial charge in [0, 0.05) is 13.0 Å². The zero-order valence-corrected chi connectivity index (χ0v) is 14.8. The lowest BCUT2D eigenvalue weighted by molar-refractivity contribution is -0.128. The molecule has 1 unspecified atom stereocenters. The lowest BCUT2D eigenvalue weighted by Gasteiger charge is -2.28. The van der Waals surface area contributed by atoms with Crippen LogP contribution >= 0.6 is 0 Å². The van der Waals surface area contributed by atoms with Gasteiger partial charge in [-0.15, -0.1) is 0 Å². The second-order valence-electron chi connectivity index (χ2n) is 7.57. The van der Waals surface area contributed by atoms with Crippen LogP contribution in [0.1, 0.15) is 36.8 Å². The van der Waals surface area contributed by atoms with Crippen LogP contribution in [0.2, 0.25) is 0 Å². The summed E-state index contributed by atoms with van der Waals surface area (Å²) in [6, 6.07) is 12.3. The Morgan fingerprint density at radius 2 is 2.04 bits per heavy atom. The number of halogens is 2. The number of fused-ring (bicyclic) bond motifs is 1. The minimum Gasteiger partial charge on any atom is -0.435 e. The van der Waals surface area contributed by atoms with Crippen LogP contribution in [0.25, 0.3) is 11.1 Å². The van der Waals surface area contributed by atoms with E-state index in [0.29, 0.717) is 23.2 Å². The van der Waals surface area contributed by atoms with Crippen molar-refractivity contribution >= 4 is 22.7 Å². The molecule has 0 N–H and O–H groups in total. The van der Waals surface area contributed by atoms with E-state index in [0.717, 1.165) is 24.1 Å². The molecule has 0 fully saturated rings. The maximum atomic E-state index is 15.2. The number of aromatic nitrogens is 1. The van der Waals surface area contributed by atoms with Crippen LogP contribution in [0.5, 0.6) is 0 Å². The van der Waals surface area contributed by atoms with Gasteiger partial charge in [-0.1, -0.05) is 30.3 Å². The first-order chi connectivity index (χ1) is 12.9. The zero-order chi connectivity index (χ0) is 18.8. The fourth-order valence-electron chi connectivity index (χ4n) is 4.43. The first kappa shape index (κ1) is 16.4. The number of nitrogens with zero attached hydrogens (tertiary/aromatic N) is 2. The Morgan fingerprint density at radius 1 is 1.22 bits per heavy atom. The van der Waals surface area contributed by atoms with Crippen LogP contribution in [0.3, 0.4) is 0 Å². The SMILES string of the molecule is CC1(CC(F)(F)c2nc3ccccc3o2)C(=O)N2CCCc3cccc1c32. The van der Waals surface area contributed by atoms with Gasteiger partial charge in [0.1, 0.15) is 5.52 Å². The molecule has 1 amide bonds. The number of benzene rings is 2. The molecule has 5 rings (SSSR count). The smallest absolute Gasteiger partial charge is 0.323 e. The van der Waals surface area contributed by atoms with E-state index >= 15 is 8.78 Å². The molecule has 2 aromatic carbocycles. The summed E-state index contributed by atoms with van der Waals surface area (Å²) in [7, 11) is 0. The number of alkyl halides is 2. The van der Waals surface area contributed by atoms with Crippen molar-refractivity contribution in [3.8, 4) is 0 Å². The van der Waals surface area contributed by atoms with E-state index in [1.54, 1.807) is 42.2 Å². The van der Waals surface area contributed by atoms with Gasteiger partial charge in [-0.25, -0.2) is 4.98 Å². The van der Waals surface area contributed by atoms with Gasteiger partial charge in [0.2, 0.25) is 5.91 Å². The Labute approximate surface area is 154 Å². The summed E-state index contributed by atoms with van der Waals surface area (Å²) in [5.41, 5.74) is 1.96. The largest absolute Gasteiger partial charge is 0.435 e. The van der Waals surface area contributed by atoms with Crippen LogP contribution in [-0.2, 0) is 22.6 Å². The van der Waals surface area contributed by atoms with Crippen molar-refractivity contribution in [2.45, 2.75) is 37.5 Å². The van der Waals surface area contributed by atoms with Crippen molar-refractivity contribution in [3.63, 3.8) is 0 Å². The Hall–Kier alpha value is -2.76. The Morgan fingerprint density at radius 3 is 2.85 bits per heavy atom. The molecule has 2 aliphatic heterocycles. The second kappa shape index (κ2) is 5.38. The van der Waals surface area contributed by atoms with E-state index in [9.17, 15) is 4.79 Å². The van der Waals surface area contributed by atoms with Crippen LogP contribution in [-0.4, -0.2) is 17.4 Å². The molecule has 27 heavy (non-hydrogen) atoms. The van der Waals surface area contributed by atoms with Crippen LogP contribution in [0, 0.1) is 0 Å². The lowest BCUT2D eigenvalue weighted by atomic mass is 9.78. The van der Waals surface area contributed by atoms with E-state index < -0.39 is 23.6 Å². The van der Waals surface area contributed by atoms with Gasteiger partial charge in [-0.3, -0.25) is 4.79 Å². The third-order valence-corrected chi connectivity index (χ3v) is 5.71. The molecule has 4 nitrogen and oxygen atoms in total. The monoisotopic (exact) mass is 368 g/mol. The van der Waals surface area contributed by atoms with Gasteiger partial charge in [0.15, 0.2) is 5.58 Å². The highest BCUT2D eigenvalue weighted by atomic mass is 19.3. The Balaban J connectivity index is 1.58. The highest BCUT2D eigenvalue weighted by Crippen LogP contribution is 2.51.